The van der Waals surface area contributed by atoms with Crippen LogP contribution in [0.15, 0.2) is 84.0 Å². The maximum Gasteiger partial charge on any atom is 0.446 e. The summed E-state index contributed by atoms with van der Waals surface area (Å²) in [5.74, 6) is 1.15. The highest BCUT2D eigenvalue weighted by Crippen LogP contribution is 2.37. The Morgan fingerprint density at radius 3 is 2.25 bits per heavy atom. The third-order valence-corrected chi connectivity index (χ3v) is 4.52. The maximum absolute atomic E-state index is 12.9. The molecule has 6 heteroatoms. The SMILES string of the molecule is COc1ccc(C=CC(=COc2ccc3ccccc3c2)SC(F)(F)F)cc1. The molecule has 3 aromatic carbocycles. The number of fused-ring (bicyclic) bond motifs is 1. The minimum atomic E-state index is -4.41. The zero-order chi connectivity index (χ0) is 20.0. The third kappa shape index (κ3) is 5.82. The summed E-state index contributed by atoms with van der Waals surface area (Å²) in [6.07, 6.45) is 4.08. The summed E-state index contributed by atoms with van der Waals surface area (Å²) in [7, 11) is 1.55. The first-order valence-corrected chi connectivity index (χ1v) is 9.18. The van der Waals surface area contributed by atoms with Gasteiger partial charge in [-0.25, -0.2) is 0 Å². The van der Waals surface area contributed by atoms with Crippen LogP contribution in [0, 0.1) is 0 Å². The van der Waals surface area contributed by atoms with Gasteiger partial charge >= 0.3 is 5.51 Å². The van der Waals surface area contributed by atoms with Crippen LogP contribution >= 0.6 is 11.8 Å². The number of benzene rings is 3. The fraction of sp³-hybridized carbons (Fsp3) is 0.0909. The second kappa shape index (κ2) is 8.89. The zero-order valence-corrected chi connectivity index (χ0v) is 15.8. The molecule has 0 unspecified atom stereocenters. The highest BCUT2D eigenvalue weighted by atomic mass is 32.2. The summed E-state index contributed by atoms with van der Waals surface area (Å²) < 4.78 is 49.2. The first-order valence-electron chi connectivity index (χ1n) is 8.36. The normalized spacial score (nSPS) is 12.5. The van der Waals surface area contributed by atoms with Crippen molar-refractivity contribution in [2.45, 2.75) is 5.51 Å². The average molecular weight is 402 g/mol. The molecular weight excluding hydrogens is 385 g/mol. The van der Waals surface area contributed by atoms with Crippen LogP contribution in [0.3, 0.4) is 0 Å². The minimum Gasteiger partial charge on any atom is -0.497 e. The number of allylic oxidation sites excluding steroid dienone is 1. The van der Waals surface area contributed by atoms with Crippen LogP contribution in [0.2, 0.25) is 0 Å². The predicted molar refractivity (Wildman–Crippen MR) is 108 cm³/mol. The molecule has 0 amide bonds. The molecule has 0 aromatic heterocycles. The Bertz CT molecular complexity index is 993. The van der Waals surface area contributed by atoms with Crippen molar-refractivity contribution >= 4 is 28.6 Å². The fourth-order valence-electron chi connectivity index (χ4n) is 2.49. The molecule has 0 saturated heterocycles. The maximum atomic E-state index is 12.9. The molecule has 0 aliphatic heterocycles. The van der Waals surface area contributed by atoms with Gasteiger partial charge in [0.15, 0.2) is 0 Å². The summed E-state index contributed by atoms with van der Waals surface area (Å²) in [6, 6.07) is 20.1. The van der Waals surface area contributed by atoms with Crippen LogP contribution in [0.1, 0.15) is 5.56 Å². The number of alkyl halides is 3. The van der Waals surface area contributed by atoms with Crippen LogP contribution < -0.4 is 9.47 Å². The summed E-state index contributed by atoms with van der Waals surface area (Å²) in [6.45, 7) is 0. The van der Waals surface area contributed by atoms with Crippen molar-refractivity contribution < 1.29 is 22.6 Å². The summed E-state index contributed by atoms with van der Waals surface area (Å²) >= 11 is -0.224. The molecule has 0 N–H and O–H groups in total. The van der Waals surface area contributed by atoms with Crippen molar-refractivity contribution in [1.29, 1.82) is 0 Å². The zero-order valence-electron chi connectivity index (χ0n) is 14.9. The van der Waals surface area contributed by atoms with Crippen molar-refractivity contribution in [2.24, 2.45) is 0 Å². The summed E-state index contributed by atoms with van der Waals surface area (Å²) in [5, 5.41) is 1.98. The van der Waals surface area contributed by atoms with Gasteiger partial charge in [-0.15, -0.1) is 0 Å². The third-order valence-electron chi connectivity index (χ3n) is 3.82. The highest BCUT2D eigenvalue weighted by Gasteiger charge is 2.30. The Balaban J connectivity index is 1.80. The minimum absolute atomic E-state index is 0.0588. The monoisotopic (exact) mass is 402 g/mol. The number of ether oxygens (including phenoxy) is 2. The highest BCUT2D eigenvalue weighted by molar-refractivity contribution is 8.04. The van der Waals surface area contributed by atoms with Crippen LogP contribution in [-0.4, -0.2) is 12.6 Å². The molecular formula is C22H17F3O2S. The quantitative estimate of drug-likeness (QED) is 0.326. The molecule has 0 bridgehead atoms. The van der Waals surface area contributed by atoms with Gasteiger partial charge in [0.05, 0.1) is 12.0 Å². The van der Waals surface area contributed by atoms with Crippen molar-refractivity contribution in [2.75, 3.05) is 7.11 Å². The van der Waals surface area contributed by atoms with Gasteiger partial charge in [0, 0.05) is 0 Å². The van der Waals surface area contributed by atoms with Gasteiger partial charge < -0.3 is 9.47 Å². The van der Waals surface area contributed by atoms with Crippen LogP contribution in [0.5, 0.6) is 11.5 Å². The molecule has 3 aromatic rings. The topological polar surface area (TPSA) is 18.5 Å². The molecule has 0 radical (unpaired) electrons. The van der Waals surface area contributed by atoms with Gasteiger partial charge in [0.2, 0.25) is 0 Å². The van der Waals surface area contributed by atoms with E-state index in [1.807, 2.05) is 30.3 Å². The molecule has 0 saturated carbocycles. The second-order valence-corrected chi connectivity index (χ2v) is 6.94. The lowest BCUT2D eigenvalue weighted by atomic mass is 10.1. The molecule has 0 aliphatic rings. The van der Waals surface area contributed by atoms with Gasteiger partial charge in [0.1, 0.15) is 17.8 Å². The lowest BCUT2D eigenvalue weighted by molar-refractivity contribution is -0.0321. The molecule has 0 fully saturated rings. The smallest absolute Gasteiger partial charge is 0.446 e. The molecule has 28 heavy (non-hydrogen) atoms. The van der Waals surface area contributed by atoms with E-state index >= 15 is 0 Å². The van der Waals surface area contributed by atoms with E-state index in [0.717, 1.165) is 22.6 Å². The molecule has 3 rings (SSSR count). The lowest BCUT2D eigenvalue weighted by Crippen LogP contribution is -2.00. The molecule has 0 atom stereocenters. The van der Waals surface area contributed by atoms with E-state index in [4.69, 9.17) is 9.47 Å². The molecule has 2 nitrogen and oxygen atoms in total. The largest absolute Gasteiger partial charge is 0.497 e. The van der Waals surface area contributed by atoms with Crippen molar-refractivity contribution in [3.8, 4) is 11.5 Å². The van der Waals surface area contributed by atoms with Gasteiger partial charge in [-0.2, -0.15) is 13.2 Å². The molecule has 0 spiro atoms. The Morgan fingerprint density at radius 1 is 0.893 bits per heavy atom. The first-order chi connectivity index (χ1) is 13.4. The Labute approximate surface area is 165 Å². The van der Waals surface area contributed by atoms with Crippen LogP contribution in [0.4, 0.5) is 13.2 Å². The van der Waals surface area contributed by atoms with E-state index < -0.39 is 5.51 Å². The summed E-state index contributed by atoms with van der Waals surface area (Å²) in [4.78, 5) is -0.0588. The average Bonchev–Trinajstić information content (AvgIpc) is 2.69. The number of methoxy groups -OCH3 is 1. The van der Waals surface area contributed by atoms with Crippen molar-refractivity contribution in [3.05, 3.63) is 89.5 Å². The fourth-order valence-corrected chi connectivity index (χ4v) is 2.99. The molecule has 0 heterocycles. The van der Waals surface area contributed by atoms with E-state index in [1.54, 1.807) is 49.6 Å². The van der Waals surface area contributed by atoms with Crippen LogP contribution in [0.25, 0.3) is 16.8 Å². The van der Waals surface area contributed by atoms with E-state index in [9.17, 15) is 13.2 Å². The number of thioether (sulfide) groups is 1. The van der Waals surface area contributed by atoms with Crippen LogP contribution in [-0.2, 0) is 0 Å². The van der Waals surface area contributed by atoms with Gasteiger partial charge in [-0.3, -0.25) is 0 Å². The number of hydrogen-bond donors (Lipinski definition) is 0. The van der Waals surface area contributed by atoms with E-state index in [2.05, 4.69) is 0 Å². The van der Waals surface area contributed by atoms with E-state index in [0.29, 0.717) is 11.5 Å². The van der Waals surface area contributed by atoms with Gasteiger partial charge in [-0.05, 0) is 58.4 Å². The first kappa shape index (κ1) is 19.9. The Kier molecular flexibility index (Phi) is 6.31. The van der Waals surface area contributed by atoms with Crippen molar-refractivity contribution in [3.63, 3.8) is 0 Å². The Morgan fingerprint density at radius 2 is 1.57 bits per heavy atom. The van der Waals surface area contributed by atoms with E-state index in [-0.39, 0.29) is 16.7 Å². The van der Waals surface area contributed by atoms with Crippen molar-refractivity contribution in [1.82, 2.24) is 0 Å². The standard InChI is InChI=1S/C22H17F3O2S/c1-26-19-10-6-16(7-11-19)8-13-21(28-22(23,24)25)15-27-20-12-9-17-4-2-3-5-18(17)14-20/h2-15H,1H3. The lowest BCUT2D eigenvalue weighted by Gasteiger charge is -2.08. The van der Waals surface area contributed by atoms with E-state index in [1.165, 1.54) is 6.08 Å². The number of rotatable bonds is 6. The van der Waals surface area contributed by atoms with Gasteiger partial charge in [-0.1, -0.05) is 48.5 Å². The van der Waals surface area contributed by atoms with Gasteiger partial charge in [0.25, 0.3) is 0 Å². The second-order valence-electron chi connectivity index (χ2n) is 5.80. The Hall–Kier alpha value is -2.86. The number of halogens is 3. The number of hydrogen-bond acceptors (Lipinski definition) is 3. The summed E-state index contributed by atoms with van der Waals surface area (Å²) in [5.41, 5.74) is -3.66. The molecule has 144 valence electrons. The predicted octanol–water partition coefficient (Wildman–Crippen LogP) is 7.04. The molecule has 0 aliphatic carbocycles.